The van der Waals surface area contributed by atoms with Crippen LogP contribution in [-0.2, 0) is 4.79 Å². The third-order valence-corrected chi connectivity index (χ3v) is 5.76. The van der Waals surface area contributed by atoms with Gasteiger partial charge in [0.05, 0.1) is 17.3 Å². The highest BCUT2D eigenvalue weighted by Gasteiger charge is 2.36. The Morgan fingerprint density at radius 3 is 2.70 bits per heavy atom. The Kier molecular flexibility index (Phi) is 4.40. The van der Waals surface area contributed by atoms with Gasteiger partial charge in [0.2, 0.25) is 5.91 Å². The van der Waals surface area contributed by atoms with Crippen molar-refractivity contribution < 1.29 is 9.59 Å². The van der Waals surface area contributed by atoms with Gasteiger partial charge in [-0.3, -0.25) is 9.59 Å². The summed E-state index contributed by atoms with van der Waals surface area (Å²) in [4.78, 5) is 26.2. The highest BCUT2D eigenvalue weighted by atomic mass is 35.5. The normalized spacial score (nSPS) is 15.7. The monoisotopic (exact) mass is 415 g/mol. The number of nitrogens with one attached hydrogen (secondary N) is 1. The smallest absolute Gasteiger partial charge is 0.226 e. The van der Waals surface area contributed by atoms with E-state index in [4.69, 9.17) is 11.6 Å². The van der Waals surface area contributed by atoms with E-state index in [1.807, 2.05) is 61.5 Å². The zero-order chi connectivity index (χ0) is 20.8. The van der Waals surface area contributed by atoms with Gasteiger partial charge in [0.25, 0.3) is 0 Å². The van der Waals surface area contributed by atoms with E-state index in [-0.39, 0.29) is 18.1 Å². The molecule has 0 spiro atoms. The highest BCUT2D eigenvalue weighted by molar-refractivity contribution is 6.30. The standard InChI is InChI=1S/C24H18ClN3O2/c1-14-22-20(23(30)19-11-4-7-15-6-2-3-10-18(15)19)13-21(29)26-24(22)28(27-14)17-9-5-8-16(25)12-17/h2-12,20H,13H2,1H3,(H,26,29). The van der Waals surface area contributed by atoms with Gasteiger partial charge in [-0.25, -0.2) is 4.68 Å². The third-order valence-electron chi connectivity index (χ3n) is 5.53. The molecule has 6 heteroatoms. The van der Waals surface area contributed by atoms with Crippen LogP contribution in [0.3, 0.4) is 0 Å². The molecule has 1 amide bonds. The molecule has 1 aromatic heterocycles. The fraction of sp³-hybridized carbons (Fsp3) is 0.125. The first-order valence-electron chi connectivity index (χ1n) is 9.70. The summed E-state index contributed by atoms with van der Waals surface area (Å²) in [7, 11) is 0. The van der Waals surface area contributed by atoms with Crippen molar-refractivity contribution in [3.8, 4) is 5.69 Å². The van der Waals surface area contributed by atoms with Gasteiger partial charge < -0.3 is 5.32 Å². The summed E-state index contributed by atoms with van der Waals surface area (Å²) >= 11 is 6.15. The molecule has 5 nitrogen and oxygen atoms in total. The first-order chi connectivity index (χ1) is 14.5. The minimum atomic E-state index is -0.590. The lowest BCUT2D eigenvalue weighted by Crippen LogP contribution is -2.28. The summed E-state index contributed by atoms with van der Waals surface area (Å²) in [6, 6.07) is 20.7. The molecule has 1 N–H and O–H groups in total. The van der Waals surface area contributed by atoms with E-state index in [1.165, 1.54) is 0 Å². The maximum atomic E-state index is 13.6. The average Bonchev–Trinajstić information content (AvgIpc) is 3.08. The van der Waals surface area contributed by atoms with E-state index < -0.39 is 5.92 Å². The molecule has 2 heterocycles. The largest absolute Gasteiger partial charge is 0.310 e. The Morgan fingerprint density at radius 1 is 1.10 bits per heavy atom. The number of rotatable bonds is 3. The van der Waals surface area contributed by atoms with Gasteiger partial charge in [-0.1, -0.05) is 60.1 Å². The molecule has 1 aliphatic rings. The number of carbonyl (C=O) groups is 2. The topological polar surface area (TPSA) is 64.0 Å². The number of aryl methyl sites for hydroxylation is 1. The molecule has 1 unspecified atom stereocenters. The van der Waals surface area contributed by atoms with Crippen LogP contribution < -0.4 is 5.32 Å². The van der Waals surface area contributed by atoms with E-state index >= 15 is 0 Å². The quantitative estimate of drug-likeness (QED) is 0.462. The fourth-order valence-corrected chi connectivity index (χ4v) is 4.38. The van der Waals surface area contributed by atoms with Gasteiger partial charge in [-0.15, -0.1) is 0 Å². The van der Waals surface area contributed by atoms with Crippen molar-refractivity contribution >= 4 is 39.9 Å². The molecule has 30 heavy (non-hydrogen) atoms. The first kappa shape index (κ1) is 18.6. The third kappa shape index (κ3) is 2.99. The molecule has 0 saturated heterocycles. The van der Waals surface area contributed by atoms with Crippen LogP contribution in [0, 0.1) is 6.92 Å². The van der Waals surface area contributed by atoms with E-state index in [2.05, 4.69) is 10.4 Å². The summed E-state index contributed by atoms with van der Waals surface area (Å²) in [6.45, 7) is 1.86. The van der Waals surface area contributed by atoms with E-state index in [1.54, 1.807) is 16.8 Å². The highest BCUT2D eigenvalue weighted by Crippen LogP contribution is 2.39. The number of anilines is 1. The number of ketones is 1. The molecule has 3 aromatic carbocycles. The summed E-state index contributed by atoms with van der Waals surface area (Å²) in [6.07, 6.45) is 0.0944. The Balaban J connectivity index is 1.66. The summed E-state index contributed by atoms with van der Waals surface area (Å²) < 4.78 is 1.65. The molecule has 5 rings (SSSR count). The van der Waals surface area contributed by atoms with Crippen LogP contribution in [0.25, 0.3) is 16.5 Å². The van der Waals surface area contributed by atoms with Crippen molar-refractivity contribution in [2.24, 2.45) is 0 Å². The van der Waals surface area contributed by atoms with Crippen molar-refractivity contribution in [1.82, 2.24) is 9.78 Å². The molecule has 1 atom stereocenters. The number of hydrogen-bond donors (Lipinski definition) is 1. The second kappa shape index (κ2) is 7.11. The van der Waals surface area contributed by atoms with Crippen LogP contribution in [0.2, 0.25) is 5.02 Å². The van der Waals surface area contributed by atoms with Crippen LogP contribution in [-0.4, -0.2) is 21.5 Å². The second-order valence-corrected chi connectivity index (χ2v) is 7.87. The zero-order valence-electron chi connectivity index (χ0n) is 16.2. The number of carbonyl (C=O) groups excluding carboxylic acids is 2. The molecule has 0 radical (unpaired) electrons. The van der Waals surface area contributed by atoms with Crippen molar-refractivity contribution in [2.75, 3.05) is 5.32 Å². The lowest BCUT2D eigenvalue weighted by atomic mass is 9.84. The molecule has 0 aliphatic carbocycles. The van der Waals surface area contributed by atoms with Crippen LogP contribution >= 0.6 is 11.6 Å². The molecule has 148 valence electrons. The Morgan fingerprint density at radius 2 is 1.87 bits per heavy atom. The molecule has 1 aliphatic heterocycles. The zero-order valence-corrected chi connectivity index (χ0v) is 17.0. The van der Waals surface area contributed by atoms with Gasteiger partial charge in [0.15, 0.2) is 5.78 Å². The molecule has 4 aromatic rings. The number of nitrogens with zero attached hydrogens (tertiary/aromatic N) is 2. The number of halogens is 1. The van der Waals surface area contributed by atoms with E-state index in [9.17, 15) is 9.59 Å². The van der Waals surface area contributed by atoms with Crippen LogP contribution in [0.5, 0.6) is 0 Å². The van der Waals surface area contributed by atoms with Gasteiger partial charge in [-0.2, -0.15) is 5.10 Å². The fourth-order valence-electron chi connectivity index (χ4n) is 4.19. The van der Waals surface area contributed by atoms with Crippen molar-refractivity contribution in [2.45, 2.75) is 19.3 Å². The number of aromatic nitrogens is 2. The SMILES string of the molecule is Cc1nn(-c2cccc(Cl)c2)c2c1C(C(=O)c1cccc3ccccc13)CC(=O)N2. The van der Waals surface area contributed by atoms with Gasteiger partial charge >= 0.3 is 0 Å². The lowest BCUT2D eigenvalue weighted by molar-refractivity contribution is -0.116. The average molecular weight is 416 g/mol. The number of Topliss-reactive ketones (excluding diaryl/α,β-unsaturated/α-hetero) is 1. The van der Waals surface area contributed by atoms with Gasteiger partial charge in [0.1, 0.15) is 5.82 Å². The van der Waals surface area contributed by atoms with Gasteiger partial charge in [0, 0.05) is 22.6 Å². The van der Waals surface area contributed by atoms with Crippen molar-refractivity contribution in [3.63, 3.8) is 0 Å². The minimum absolute atomic E-state index is 0.0726. The van der Waals surface area contributed by atoms with Gasteiger partial charge in [-0.05, 0) is 35.9 Å². The molecule has 0 fully saturated rings. The summed E-state index contributed by atoms with van der Waals surface area (Å²) in [5.41, 5.74) is 2.81. The predicted molar refractivity (Wildman–Crippen MR) is 118 cm³/mol. The van der Waals surface area contributed by atoms with E-state index in [0.29, 0.717) is 22.1 Å². The molecule has 0 saturated carbocycles. The summed E-state index contributed by atoms with van der Waals surface area (Å²) in [5.74, 6) is -0.335. The minimum Gasteiger partial charge on any atom is -0.310 e. The second-order valence-electron chi connectivity index (χ2n) is 7.44. The molecule has 0 bridgehead atoms. The Labute approximate surface area is 178 Å². The Bertz CT molecular complexity index is 1320. The maximum absolute atomic E-state index is 13.6. The first-order valence-corrected chi connectivity index (χ1v) is 10.1. The van der Waals surface area contributed by atoms with Crippen LogP contribution in [0.1, 0.15) is 34.0 Å². The predicted octanol–water partition coefficient (Wildman–Crippen LogP) is 5.30. The molecular weight excluding hydrogens is 398 g/mol. The number of hydrogen-bond acceptors (Lipinski definition) is 3. The lowest BCUT2D eigenvalue weighted by Gasteiger charge is -2.23. The van der Waals surface area contributed by atoms with Crippen molar-refractivity contribution in [3.05, 3.63) is 88.6 Å². The van der Waals surface area contributed by atoms with E-state index in [0.717, 1.165) is 22.0 Å². The van der Waals surface area contributed by atoms with Crippen molar-refractivity contribution in [1.29, 1.82) is 0 Å². The number of benzene rings is 3. The molecular formula is C24H18ClN3O2. The van der Waals surface area contributed by atoms with Crippen LogP contribution in [0.4, 0.5) is 5.82 Å². The number of amides is 1. The Hall–Kier alpha value is -3.44. The maximum Gasteiger partial charge on any atom is 0.226 e. The number of fused-ring (bicyclic) bond motifs is 2. The summed E-state index contributed by atoms with van der Waals surface area (Å²) in [5, 5.41) is 9.98. The van der Waals surface area contributed by atoms with Crippen LogP contribution in [0.15, 0.2) is 66.7 Å².